The van der Waals surface area contributed by atoms with E-state index in [1.54, 1.807) is 26.4 Å². The predicted octanol–water partition coefficient (Wildman–Crippen LogP) is 3.09. The molecular weight excluding hydrogens is 352 g/mol. The molecule has 0 saturated heterocycles. The first kappa shape index (κ1) is 18.1. The quantitative estimate of drug-likeness (QED) is 0.874. The Labute approximate surface area is 156 Å². The number of fused-ring (bicyclic) bond motifs is 1. The summed E-state index contributed by atoms with van der Waals surface area (Å²) in [6.45, 7) is 1.83. The molecule has 2 aromatic carbocycles. The van der Waals surface area contributed by atoms with Gasteiger partial charge in [0.15, 0.2) is 11.5 Å². The largest absolute Gasteiger partial charge is 0.493 e. The van der Waals surface area contributed by atoms with Crippen LogP contribution in [-0.4, -0.2) is 38.3 Å². The molecule has 26 heavy (non-hydrogen) atoms. The summed E-state index contributed by atoms with van der Waals surface area (Å²) in [5, 5.41) is 2.86. The first-order valence-electron chi connectivity index (χ1n) is 8.08. The zero-order valence-corrected chi connectivity index (χ0v) is 15.7. The van der Waals surface area contributed by atoms with Gasteiger partial charge in [0, 0.05) is 16.6 Å². The molecule has 0 spiro atoms. The van der Waals surface area contributed by atoms with Crippen LogP contribution in [0, 0.1) is 6.92 Å². The highest BCUT2D eigenvalue weighted by Gasteiger charge is 2.26. The third-order valence-corrected chi connectivity index (χ3v) is 5.16. The minimum atomic E-state index is -0.268. The van der Waals surface area contributed by atoms with Gasteiger partial charge < -0.3 is 19.7 Å². The smallest absolute Gasteiger partial charge is 0.244 e. The first-order chi connectivity index (χ1) is 12.5. The highest BCUT2D eigenvalue weighted by atomic mass is 32.2. The second-order valence-corrected chi connectivity index (χ2v) is 6.82. The fourth-order valence-electron chi connectivity index (χ4n) is 2.78. The fraction of sp³-hybridized carbons (Fsp3) is 0.263. The Balaban J connectivity index is 1.79. The predicted molar refractivity (Wildman–Crippen MR) is 102 cm³/mol. The lowest BCUT2D eigenvalue weighted by Gasteiger charge is -2.28. The van der Waals surface area contributed by atoms with Crippen LogP contribution < -0.4 is 19.7 Å². The number of hydrogen-bond donors (Lipinski definition) is 1. The number of amides is 2. The van der Waals surface area contributed by atoms with Crippen molar-refractivity contribution in [1.82, 2.24) is 0 Å². The van der Waals surface area contributed by atoms with E-state index in [1.165, 1.54) is 16.7 Å². The average molecular weight is 372 g/mol. The van der Waals surface area contributed by atoms with Gasteiger partial charge in [-0.3, -0.25) is 9.59 Å². The summed E-state index contributed by atoms with van der Waals surface area (Å²) in [5.74, 6) is 1.12. The summed E-state index contributed by atoms with van der Waals surface area (Å²) >= 11 is 1.49. The van der Waals surface area contributed by atoms with E-state index >= 15 is 0 Å². The number of carbonyl (C=O) groups excluding carboxylic acids is 2. The molecular formula is C19H20N2O4S. The summed E-state index contributed by atoms with van der Waals surface area (Å²) in [5.41, 5.74) is 2.24. The van der Waals surface area contributed by atoms with Crippen LogP contribution in [0.5, 0.6) is 11.5 Å². The van der Waals surface area contributed by atoms with E-state index < -0.39 is 0 Å². The second-order valence-electron chi connectivity index (χ2n) is 5.81. The monoisotopic (exact) mass is 372 g/mol. The van der Waals surface area contributed by atoms with Crippen molar-refractivity contribution < 1.29 is 19.1 Å². The van der Waals surface area contributed by atoms with Crippen molar-refractivity contribution in [2.24, 2.45) is 0 Å². The number of nitrogens with one attached hydrogen (secondary N) is 1. The highest BCUT2D eigenvalue weighted by molar-refractivity contribution is 8.00. The minimum Gasteiger partial charge on any atom is -0.493 e. The topological polar surface area (TPSA) is 67.9 Å². The van der Waals surface area contributed by atoms with Crippen molar-refractivity contribution in [3.05, 3.63) is 42.0 Å². The normalized spacial score (nSPS) is 13.2. The number of benzene rings is 2. The summed E-state index contributed by atoms with van der Waals surface area (Å²) in [4.78, 5) is 27.4. The molecule has 0 fully saturated rings. The molecule has 2 aromatic rings. The lowest BCUT2D eigenvalue weighted by Crippen LogP contribution is -2.41. The van der Waals surface area contributed by atoms with Crippen molar-refractivity contribution >= 4 is 35.0 Å². The second kappa shape index (κ2) is 7.70. The number of para-hydroxylation sites is 1. The van der Waals surface area contributed by atoms with Gasteiger partial charge in [-0.15, -0.1) is 11.8 Å². The summed E-state index contributed by atoms with van der Waals surface area (Å²) in [6.07, 6.45) is 0. The zero-order valence-electron chi connectivity index (χ0n) is 14.9. The van der Waals surface area contributed by atoms with Gasteiger partial charge in [-0.2, -0.15) is 0 Å². The van der Waals surface area contributed by atoms with Gasteiger partial charge in [0.2, 0.25) is 11.8 Å². The standard InChI is InChI=1S/C19H20N2O4S/c1-12-8-15(24-2)16(25-3)9-13(12)20-18(22)10-21-14-6-4-5-7-17(14)26-11-19(21)23/h4-9H,10-11H2,1-3H3,(H,20,22). The van der Waals surface area contributed by atoms with Crippen LogP contribution in [0.1, 0.15) is 5.56 Å². The van der Waals surface area contributed by atoms with Crippen molar-refractivity contribution in [1.29, 1.82) is 0 Å². The van der Waals surface area contributed by atoms with Gasteiger partial charge in [0.25, 0.3) is 0 Å². The third kappa shape index (κ3) is 3.62. The summed E-state index contributed by atoms with van der Waals surface area (Å²) < 4.78 is 10.5. The SMILES string of the molecule is COc1cc(C)c(NC(=O)CN2C(=O)CSc3ccccc32)cc1OC. The number of carbonyl (C=O) groups is 2. The molecule has 7 heteroatoms. The number of hydrogen-bond acceptors (Lipinski definition) is 5. The average Bonchev–Trinajstić information content (AvgIpc) is 2.65. The Morgan fingerprint density at radius 3 is 2.62 bits per heavy atom. The zero-order chi connectivity index (χ0) is 18.7. The molecule has 1 heterocycles. The lowest BCUT2D eigenvalue weighted by molar-refractivity contribution is -0.120. The Morgan fingerprint density at radius 1 is 1.19 bits per heavy atom. The Morgan fingerprint density at radius 2 is 1.88 bits per heavy atom. The van der Waals surface area contributed by atoms with Gasteiger partial charge in [-0.25, -0.2) is 0 Å². The van der Waals surface area contributed by atoms with Crippen LogP contribution in [0.2, 0.25) is 0 Å². The van der Waals surface area contributed by atoms with Crippen LogP contribution in [0.4, 0.5) is 11.4 Å². The molecule has 136 valence electrons. The fourth-order valence-corrected chi connectivity index (χ4v) is 3.71. The van der Waals surface area contributed by atoms with E-state index in [0.29, 0.717) is 22.9 Å². The van der Waals surface area contributed by atoms with E-state index in [2.05, 4.69) is 5.32 Å². The Kier molecular flexibility index (Phi) is 5.37. The molecule has 0 saturated carbocycles. The van der Waals surface area contributed by atoms with E-state index in [-0.39, 0.29) is 18.4 Å². The number of methoxy groups -OCH3 is 2. The molecule has 3 rings (SSSR count). The van der Waals surface area contributed by atoms with Crippen LogP contribution in [0.15, 0.2) is 41.3 Å². The van der Waals surface area contributed by atoms with E-state index in [9.17, 15) is 9.59 Å². The van der Waals surface area contributed by atoms with Crippen molar-refractivity contribution in [3.63, 3.8) is 0 Å². The van der Waals surface area contributed by atoms with E-state index in [1.807, 2.05) is 31.2 Å². The van der Waals surface area contributed by atoms with E-state index in [0.717, 1.165) is 16.1 Å². The molecule has 0 aliphatic carbocycles. The van der Waals surface area contributed by atoms with E-state index in [4.69, 9.17) is 9.47 Å². The highest BCUT2D eigenvalue weighted by Crippen LogP contribution is 2.35. The van der Waals surface area contributed by atoms with Crippen molar-refractivity contribution in [2.45, 2.75) is 11.8 Å². The molecule has 1 N–H and O–H groups in total. The van der Waals surface area contributed by atoms with Gasteiger partial charge in [0.1, 0.15) is 6.54 Å². The summed E-state index contributed by atoms with van der Waals surface area (Å²) in [7, 11) is 3.10. The molecule has 6 nitrogen and oxygen atoms in total. The Bertz CT molecular complexity index is 853. The Hall–Kier alpha value is -2.67. The molecule has 0 radical (unpaired) electrons. The van der Waals surface area contributed by atoms with Gasteiger partial charge in [0.05, 0.1) is 25.7 Å². The van der Waals surface area contributed by atoms with Crippen LogP contribution in [0.25, 0.3) is 0 Å². The number of thioether (sulfide) groups is 1. The van der Waals surface area contributed by atoms with Crippen LogP contribution >= 0.6 is 11.8 Å². The van der Waals surface area contributed by atoms with Crippen molar-refractivity contribution in [2.75, 3.05) is 36.7 Å². The minimum absolute atomic E-state index is 0.0375. The van der Waals surface area contributed by atoms with Crippen LogP contribution in [0.3, 0.4) is 0 Å². The first-order valence-corrected chi connectivity index (χ1v) is 9.06. The third-order valence-electron chi connectivity index (χ3n) is 4.11. The number of nitrogens with zero attached hydrogens (tertiary/aromatic N) is 1. The number of ether oxygens (including phenoxy) is 2. The lowest BCUT2D eigenvalue weighted by atomic mass is 10.1. The maximum absolute atomic E-state index is 12.6. The number of aryl methyl sites for hydroxylation is 1. The molecule has 0 bridgehead atoms. The van der Waals surface area contributed by atoms with Crippen molar-refractivity contribution in [3.8, 4) is 11.5 Å². The van der Waals surface area contributed by atoms with Gasteiger partial charge in [-0.1, -0.05) is 12.1 Å². The summed E-state index contributed by atoms with van der Waals surface area (Å²) in [6, 6.07) is 11.1. The van der Waals surface area contributed by atoms with Gasteiger partial charge in [-0.05, 0) is 30.7 Å². The van der Waals surface area contributed by atoms with Gasteiger partial charge >= 0.3 is 0 Å². The maximum Gasteiger partial charge on any atom is 0.244 e. The van der Waals surface area contributed by atoms with Crippen LogP contribution in [-0.2, 0) is 9.59 Å². The molecule has 0 unspecified atom stereocenters. The number of rotatable bonds is 5. The molecule has 1 aliphatic heterocycles. The number of anilines is 2. The molecule has 0 aromatic heterocycles. The molecule has 0 atom stereocenters. The molecule has 1 aliphatic rings. The molecule has 2 amide bonds. The maximum atomic E-state index is 12.6.